The van der Waals surface area contributed by atoms with Crippen molar-refractivity contribution in [3.05, 3.63) is 34.6 Å². The molecule has 1 aromatic heterocycles. The van der Waals surface area contributed by atoms with Crippen LogP contribution in [-0.2, 0) is 0 Å². The summed E-state index contributed by atoms with van der Waals surface area (Å²) in [5.74, 6) is 0.424. The van der Waals surface area contributed by atoms with Gasteiger partial charge in [0, 0.05) is 34.6 Å². The molecule has 20 heavy (non-hydrogen) atoms. The number of nitrogens with zero attached hydrogens (tertiary/aromatic N) is 1. The third-order valence-corrected chi connectivity index (χ3v) is 3.55. The molecule has 1 amide bonds. The molecule has 106 valence electrons. The lowest BCUT2D eigenvalue weighted by molar-refractivity contribution is 0.0948. The van der Waals surface area contributed by atoms with Gasteiger partial charge in [0.2, 0.25) is 0 Å². The number of nitrogens with one attached hydrogen (secondary N) is 1. The van der Waals surface area contributed by atoms with Gasteiger partial charge in [0.25, 0.3) is 5.91 Å². The number of ether oxygens (including phenoxy) is 1. The van der Waals surface area contributed by atoms with E-state index in [1.165, 1.54) is 0 Å². The summed E-state index contributed by atoms with van der Waals surface area (Å²) in [4.78, 5) is 16.3. The summed E-state index contributed by atoms with van der Waals surface area (Å²) in [6.45, 7) is 0.454. The van der Waals surface area contributed by atoms with Crippen molar-refractivity contribution in [2.45, 2.75) is 6.42 Å². The lowest BCUT2D eigenvalue weighted by atomic mass is 10.1. The molecule has 2 N–H and O–H groups in total. The molecule has 6 heteroatoms. The Balaban J connectivity index is 2.46. The third kappa shape index (κ3) is 2.91. The molecule has 2 rings (SSSR count). The van der Waals surface area contributed by atoms with Gasteiger partial charge < -0.3 is 15.2 Å². The van der Waals surface area contributed by atoms with Gasteiger partial charge in [-0.25, -0.2) is 0 Å². The van der Waals surface area contributed by atoms with Gasteiger partial charge in [0.1, 0.15) is 11.4 Å². The van der Waals surface area contributed by atoms with E-state index < -0.39 is 0 Å². The highest BCUT2D eigenvalue weighted by molar-refractivity contribution is 9.10. The zero-order valence-corrected chi connectivity index (χ0v) is 12.6. The zero-order valence-electron chi connectivity index (χ0n) is 11.0. The van der Waals surface area contributed by atoms with E-state index in [2.05, 4.69) is 26.2 Å². The van der Waals surface area contributed by atoms with E-state index in [0.717, 1.165) is 9.86 Å². The van der Waals surface area contributed by atoms with Crippen LogP contribution in [0.15, 0.2) is 28.9 Å². The lowest BCUT2D eigenvalue weighted by Crippen LogP contribution is -2.26. The standard InChI is InChI=1S/C14H15BrN2O3/c1-20-11-4-3-10(15)12-9(11)5-7-16-13(12)14(19)17-6-2-8-18/h3-5,7,18H,2,6,8H2,1H3,(H,17,19). The van der Waals surface area contributed by atoms with Crippen molar-refractivity contribution in [3.63, 3.8) is 0 Å². The van der Waals surface area contributed by atoms with Crippen LogP contribution in [0.25, 0.3) is 10.8 Å². The number of aromatic nitrogens is 1. The van der Waals surface area contributed by atoms with Gasteiger partial charge in [-0.2, -0.15) is 0 Å². The van der Waals surface area contributed by atoms with Crippen molar-refractivity contribution < 1.29 is 14.6 Å². The Labute approximate surface area is 125 Å². The van der Waals surface area contributed by atoms with Gasteiger partial charge >= 0.3 is 0 Å². The number of rotatable bonds is 5. The zero-order chi connectivity index (χ0) is 14.5. The number of methoxy groups -OCH3 is 1. The van der Waals surface area contributed by atoms with E-state index in [1.54, 1.807) is 13.3 Å². The van der Waals surface area contributed by atoms with Gasteiger partial charge in [-0.3, -0.25) is 9.78 Å². The first-order valence-corrected chi connectivity index (χ1v) is 6.98. The fourth-order valence-electron chi connectivity index (χ4n) is 1.95. The second kappa shape index (κ2) is 6.67. The van der Waals surface area contributed by atoms with Crippen LogP contribution in [0.2, 0.25) is 0 Å². The molecule has 0 unspecified atom stereocenters. The maximum absolute atomic E-state index is 12.2. The molecule has 0 atom stereocenters. The summed E-state index contributed by atoms with van der Waals surface area (Å²) in [5.41, 5.74) is 0.339. The molecule has 0 aliphatic heterocycles. The second-order valence-electron chi connectivity index (χ2n) is 4.16. The predicted octanol–water partition coefficient (Wildman–Crippen LogP) is 2.12. The SMILES string of the molecule is COc1ccc(Br)c2c(C(=O)NCCCO)nccc12. The Bertz CT molecular complexity index is 631. The van der Waals surface area contributed by atoms with Crippen molar-refractivity contribution in [2.75, 3.05) is 20.3 Å². The molecule has 0 bridgehead atoms. The Morgan fingerprint density at radius 1 is 1.45 bits per heavy atom. The molecule has 0 aliphatic carbocycles. The van der Waals surface area contributed by atoms with Crippen LogP contribution in [0.3, 0.4) is 0 Å². The van der Waals surface area contributed by atoms with E-state index in [0.29, 0.717) is 29.8 Å². The van der Waals surface area contributed by atoms with E-state index >= 15 is 0 Å². The Kier molecular flexibility index (Phi) is 4.92. The largest absolute Gasteiger partial charge is 0.496 e. The Morgan fingerprint density at radius 2 is 2.25 bits per heavy atom. The molecule has 0 saturated carbocycles. The molecule has 0 fully saturated rings. The molecule has 1 heterocycles. The van der Waals surface area contributed by atoms with E-state index in [9.17, 15) is 4.79 Å². The molecular formula is C14H15BrN2O3. The number of carbonyl (C=O) groups excluding carboxylic acids is 1. The van der Waals surface area contributed by atoms with Gasteiger partial charge in [-0.15, -0.1) is 0 Å². The number of amides is 1. The number of hydrogen-bond donors (Lipinski definition) is 2. The molecule has 0 aliphatic rings. The summed E-state index contributed by atoms with van der Waals surface area (Å²) in [7, 11) is 1.59. The molecule has 1 aromatic carbocycles. The number of fused-ring (bicyclic) bond motifs is 1. The molecule has 2 aromatic rings. The van der Waals surface area contributed by atoms with E-state index in [4.69, 9.17) is 9.84 Å². The summed E-state index contributed by atoms with van der Waals surface area (Å²) in [5, 5.41) is 13.0. The molecule has 5 nitrogen and oxygen atoms in total. The van der Waals surface area contributed by atoms with Crippen molar-refractivity contribution in [2.24, 2.45) is 0 Å². The van der Waals surface area contributed by atoms with Crippen molar-refractivity contribution in [1.82, 2.24) is 10.3 Å². The van der Waals surface area contributed by atoms with Gasteiger partial charge in [0.15, 0.2) is 0 Å². The minimum Gasteiger partial charge on any atom is -0.496 e. The number of aliphatic hydroxyl groups is 1. The second-order valence-corrected chi connectivity index (χ2v) is 5.02. The fraction of sp³-hybridized carbons (Fsp3) is 0.286. The quantitative estimate of drug-likeness (QED) is 0.819. The van der Waals surface area contributed by atoms with Gasteiger partial charge in [-0.1, -0.05) is 15.9 Å². The Morgan fingerprint density at radius 3 is 2.95 bits per heavy atom. The first-order chi connectivity index (χ1) is 9.69. The van der Waals surface area contributed by atoms with Crippen LogP contribution >= 0.6 is 15.9 Å². The van der Waals surface area contributed by atoms with Crippen LogP contribution in [0, 0.1) is 0 Å². The smallest absolute Gasteiger partial charge is 0.270 e. The summed E-state index contributed by atoms with van der Waals surface area (Å²) < 4.78 is 6.09. The average molecular weight is 339 g/mol. The van der Waals surface area contributed by atoms with Crippen LogP contribution in [0.5, 0.6) is 5.75 Å². The van der Waals surface area contributed by atoms with Crippen LogP contribution < -0.4 is 10.1 Å². The number of hydrogen-bond acceptors (Lipinski definition) is 4. The van der Waals surface area contributed by atoms with E-state index in [-0.39, 0.29) is 12.5 Å². The third-order valence-electron chi connectivity index (χ3n) is 2.89. The minimum atomic E-state index is -0.266. The average Bonchev–Trinajstić information content (AvgIpc) is 2.47. The molecular weight excluding hydrogens is 324 g/mol. The minimum absolute atomic E-state index is 0.0424. The molecule has 0 saturated heterocycles. The Hall–Kier alpha value is -1.66. The van der Waals surface area contributed by atoms with E-state index in [1.807, 2.05) is 18.2 Å². The van der Waals surface area contributed by atoms with Crippen LogP contribution in [-0.4, -0.2) is 36.3 Å². The van der Waals surface area contributed by atoms with Crippen LogP contribution in [0.1, 0.15) is 16.9 Å². The first kappa shape index (κ1) is 14.7. The van der Waals surface area contributed by atoms with Gasteiger partial charge in [0.05, 0.1) is 7.11 Å². The van der Waals surface area contributed by atoms with Crippen molar-refractivity contribution in [1.29, 1.82) is 0 Å². The summed E-state index contributed by atoms with van der Waals surface area (Å²) in [6, 6.07) is 5.47. The maximum atomic E-state index is 12.2. The summed E-state index contributed by atoms with van der Waals surface area (Å²) >= 11 is 3.45. The number of aliphatic hydroxyl groups excluding tert-OH is 1. The van der Waals surface area contributed by atoms with Crippen LogP contribution in [0.4, 0.5) is 0 Å². The van der Waals surface area contributed by atoms with Crippen molar-refractivity contribution >= 4 is 32.6 Å². The lowest BCUT2D eigenvalue weighted by Gasteiger charge is -2.11. The fourth-order valence-corrected chi connectivity index (χ4v) is 2.48. The highest BCUT2D eigenvalue weighted by atomic mass is 79.9. The molecule has 0 spiro atoms. The maximum Gasteiger partial charge on any atom is 0.270 e. The van der Waals surface area contributed by atoms with Crippen molar-refractivity contribution in [3.8, 4) is 5.75 Å². The topological polar surface area (TPSA) is 71.5 Å². The number of carbonyl (C=O) groups is 1. The molecule has 0 radical (unpaired) electrons. The number of halogens is 1. The number of pyridine rings is 1. The number of benzene rings is 1. The first-order valence-electron chi connectivity index (χ1n) is 6.19. The van der Waals surface area contributed by atoms with Gasteiger partial charge in [-0.05, 0) is 24.6 Å². The predicted molar refractivity (Wildman–Crippen MR) is 80.0 cm³/mol. The highest BCUT2D eigenvalue weighted by Crippen LogP contribution is 2.32. The monoisotopic (exact) mass is 338 g/mol. The highest BCUT2D eigenvalue weighted by Gasteiger charge is 2.15. The normalized spacial score (nSPS) is 10.6. The summed E-state index contributed by atoms with van der Waals surface area (Å²) in [6.07, 6.45) is 2.10.